The van der Waals surface area contributed by atoms with E-state index in [1.54, 1.807) is 6.07 Å². The minimum atomic E-state index is 0.527. The zero-order chi connectivity index (χ0) is 13.2. The van der Waals surface area contributed by atoms with Crippen LogP contribution in [0.15, 0.2) is 36.4 Å². The maximum atomic E-state index is 6.22. The second-order valence-corrected chi connectivity index (χ2v) is 5.36. The molecule has 0 spiro atoms. The molecule has 0 unspecified atom stereocenters. The number of anilines is 1. The van der Waals surface area contributed by atoms with E-state index in [0.717, 1.165) is 22.9 Å². The lowest BCUT2D eigenvalue weighted by molar-refractivity contribution is 1.15. The van der Waals surface area contributed by atoms with Gasteiger partial charge in [-0.15, -0.1) is 0 Å². The third-order valence-corrected chi connectivity index (χ3v) is 3.87. The first kappa shape index (κ1) is 12.7. The number of rotatable bonds is 3. The summed E-state index contributed by atoms with van der Waals surface area (Å²) in [6, 6.07) is 11.8. The first-order valence-corrected chi connectivity index (χ1v) is 7.12. The van der Waals surface area contributed by atoms with Crippen molar-refractivity contribution in [2.75, 3.05) is 5.32 Å². The van der Waals surface area contributed by atoms with Crippen LogP contribution in [0.25, 0.3) is 11.0 Å². The van der Waals surface area contributed by atoms with Gasteiger partial charge in [0, 0.05) is 6.54 Å². The molecule has 0 aliphatic carbocycles. The van der Waals surface area contributed by atoms with Crippen molar-refractivity contribution in [3.8, 4) is 0 Å². The lowest BCUT2D eigenvalue weighted by atomic mass is 10.2. The third kappa shape index (κ3) is 2.52. The smallest absolute Gasteiger partial charge is 0.130 e. The molecule has 19 heavy (non-hydrogen) atoms. The molecular weight excluding hydrogens is 301 g/mol. The van der Waals surface area contributed by atoms with Gasteiger partial charge in [-0.25, -0.2) is 0 Å². The maximum Gasteiger partial charge on any atom is 0.130 e. The van der Waals surface area contributed by atoms with Gasteiger partial charge in [-0.2, -0.15) is 8.75 Å². The van der Waals surface area contributed by atoms with E-state index in [2.05, 4.69) is 14.1 Å². The van der Waals surface area contributed by atoms with Crippen LogP contribution in [0.2, 0.25) is 10.0 Å². The van der Waals surface area contributed by atoms with Gasteiger partial charge < -0.3 is 5.32 Å². The molecule has 0 fully saturated rings. The van der Waals surface area contributed by atoms with Crippen molar-refractivity contribution in [3.63, 3.8) is 0 Å². The average Bonchev–Trinajstić information content (AvgIpc) is 2.89. The van der Waals surface area contributed by atoms with Crippen molar-refractivity contribution < 1.29 is 0 Å². The summed E-state index contributed by atoms with van der Waals surface area (Å²) in [6.07, 6.45) is 0. The Morgan fingerprint density at radius 3 is 2.53 bits per heavy atom. The summed E-state index contributed by atoms with van der Waals surface area (Å²) < 4.78 is 8.43. The largest absolute Gasteiger partial charge is 0.378 e. The summed E-state index contributed by atoms with van der Waals surface area (Å²) in [6.45, 7) is 0.675. The van der Waals surface area contributed by atoms with Crippen molar-refractivity contribution >= 4 is 51.7 Å². The van der Waals surface area contributed by atoms with Gasteiger partial charge in [0.1, 0.15) is 11.0 Å². The molecule has 3 rings (SSSR count). The molecule has 0 amide bonds. The lowest BCUT2D eigenvalue weighted by Crippen LogP contribution is -2.00. The molecule has 0 aliphatic heterocycles. The van der Waals surface area contributed by atoms with Gasteiger partial charge in [0.25, 0.3) is 0 Å². The van der Waals surface area contributed by atoms with Crippen LogP contribution in [-0.2, 0) is 6.54 Å². The SMILES string of the molecule is Clc1cc(Cl)c2nsnc2c1NCc1ccccc1. The second kappa shape index (κ2) is 5.33. The van der Waals surface area contributed by atoms with Crippen molar-refractivity contribution in [1.82, 2.24) is 8.75 Å². The van der Waals surface area contributed by atoms with E-state index >= 15 is 0 Å². The number of nitrogens with zero attached hydrogens (tertiary/aromatic N) is 2. The maximum absolute atomic E-state index is 6.22. The number of benzene rings is 2. The van der Waals surface area contributed by atoms with E-state index in [4.69, 9.17) is 23.2 Å². The summed E-state index contributed by atoms with van der Waals surface area (Å²) in [5.41, 5.74) is 3.36. The average molecular weight is 310 g/mol. The number of halogens is 2. The molecule has 6 heteroatoms. The van der Waals surface area contributed by atoms with Crippen molar-refractivity contribution in [3.05, 3.63) is 52.0 Å². The van der Waals surface area contributed by atoms with E-state index in [1.165, 1.54) is 5.56 Å². The molecule has 0 bridgehead atoms. The minimum absolute atomic E-state index is 0.527. The second-order valence-electron chi connectivity index (χ2n) is 4.02. The van der Waals surface area contributed by atoms with Crippen LogP contribution in [0.5, 0.6) is 0 Å². The first-order valence-electron chi connectivity index (χ1n) is 5.64. The standard InChI is InChI=1S/C13H9Cl2N3S/c14-9-6-10(15)12-13(18-19-17-12)11(9)16-7-8-4-2-1-3-5-8/h1-6,16H,7H2. The Morgan fingerprint density at radius 1 is 1.00 bits per heavy atom. The Balaban J connectivity index is 1.95. The zero-order valence-corrected chi connectivity index (χ0v) is 12.1. The van der Waals surface area contributed by atoms with Crippen LogP contribution < -0.4 is 5.32 Å². The van der Waals surface area contributed by atoms with Crippen LogP contribution in [0.3, 0.4) is 0 Å². The first-order chi connectivity index (χ1) is 9.25. The van der Waals surface area contributed by atoms with Gasteiger partial charge in [-0.05, 0) is 11.6 Å². The molecular formula is C13H9Cl2N3S. The Labute approximate surface area is 124 Å². The summed E-state index contributed by atoms with van der Waals surface area (Å²) in [4.78, 5) is 0. The lowest BCUT2D eigenvalue weighted by Gasteiger charge is -2.09. The predicted octanol–water partition coefficient (Wildman–Crippen LogP) is 4.61. The van der Waals surface area contributed by atoms with Gasteiger partial charge in [-0.3, -0.25) is 0 Å². The number of hydrogen-bond acceptors (Lipinski definition) is 4. The van der Waals surface area contributed by atoms with Gasteiger partial charge >= 0.3 is 0 Å². The number of hydrogen-bond donors (Lipinski definition) is 1. The van der Waals surface area contributed by atoms with Crippen molar-refractivity contribution in [2.45, 2.75) is 6.54 Å². The molecule has 0 saturated heterocycles. The molecule has 1 aromatic heterocycles. The monoisotopic (exact) mass is 309 g/mol. The van der Waals surface area contributed by atoms with Crippen LogP contribution >= 0.6 is 34.9 Å². The number of aromatic nitrogens is 2. The van der Waals surface area contributed by atoms with Crippen molar-refractivity contribution in [2.24, 2.45) is 0 Å². The van der Waals surface area contributed by atoms with Crippen molar-refractivity contribution in [1.29, 1.82) is 0 Å². The molecule has 1 heterocycles. The third-order valence-electron chi connectivity index (χ3n) is 2.76. The van der Waals surface area contributed by atoms with E-state index in [9.17, 15) is 0 Å². The Hall–Kier alpha value is -1.36. The van der Waals surface area contributed by atoms with Gasteiger partial charge in [0.15, 0.2) is 0 Å². The molecule has 0 saturated carbocycles. The topological polar surface area (TPSA) is 37.8 Å². The highest BCUT2D eigenvalue weighted by Gasteiger charge is 2.13. The molecule has 0 aliphatic rings. The molecule has 0 atom stereocenters. The van der Waals surface area contributed by atoms with Gasteiger partial charge in [-0.1, -0.05) is 53.5 Å². The minimum Gasteiger partial charge on any atom is -0.378 e. The number of fused-ring (bicyclic) bond motifs is 1. The molecule has 96 valence electrons. The molecule has 1 N–H and O–H groups in total. The van der Waals surface area contributed by atoms with E-state index in [0.29, 0.717) is 22.1 Å². The van der Waals surface area contributed by atoms with Gasteiger partial charge in [0.05, 0.1) is 27.5 Å². The fourth-order valence-electron chi connectivity index (χ4n) is 1.83. The predicted molar refractivity (Wildman–Crippen MR) is 81.2 cm³/mol. The summed E-state index contributed by atoms with van der Waals surface area (Å²) in [5.74, 6) is 0. The molecule has 2 aromatic carbocycles. The van der Waals surface area contributed by atoms with Crippen LogP contribution in [0.1, 0.15) is 5.56 Å². The van der Waals surface area contributed by atoms with Crippen LogP contribution in [0, 0.1) is 0 Å². The van der Waals surface area contributed by atoms with E-state index in [-0.39, 0.29) is 0 Å². The highest BCUT2D eigenvalue weighted by atomic mass is 35.5. The summed E-state index contributed by atoms with van der Waals surface area (Å²) in [7, 11) is 0. The van der Waals surface area contributed by atoms with E-state index < -0.39 is 0 Å². The fraction of sp³-hybridized carbons (Fsp3) is 0.0769. The quantitative estimate of drug-likeness (QED) is 0.767. The Morgan fingerprint density at radius 2 is 1.74 bits per heavy atom. The number of nitrogens with one attached hydrogen (secondary N) is 1. The molecule has 3 nitrogen and oxygen atoms in total. The molecule has 3 aromatic rings. The highest BCUT2D eigenvalue weighted by molar-refractivity contribution is 7.00. The summed E-state index contributed by atoms with van der Waals surface area (Å²) >= 11 is 13.4. The summed E-state index contributed by atoms with van der Waals surface area (Å²) in [5, 5.41) is 4.38. The molecule has 0 radical (unpaired) electrons. The zero-order valence-electron chi connectivity index (χ0n) is 9.73. The Kier molecular flexibility index (Phi) is 3.55. The highest BCUT2D eigenvalue weighted by Crippen LogP contribution is 2.35. The van der Waals surface area contributed by atoms with E-state index in [1.807, 2.05) is 30.3 Å². The van der Waals surface area contributed by atoms with Crippen LogP contribution in [-0.4, -0.2) is 8.75 Å². The van der Waals surface area contributed by atoms with Crippen LogP contribution in [0.4, 0.5) is 5.69 Å². The normalized spacial score (nSPS) is 10.8. The van der Waals surface area contributed by atoms with Gasteiger partial charge in [0.2, 0.25) is 0 Å². The Bertz CT molecular complexity index is 712. The fourth-order valence-corrected chi connectivity index (χ4v) is 3.01.